The number of fused-ring (bicyclic) bond motifs is 1. The summed E-state index contributed by atoms with van der Waals surface area (Å²) in [5.41, 5.74) is 0.839. The molecule has 2 aromatic heterocycles. The van der Waals surface area contributed by atoms with Crippen molar-refractivity contribution in [2.24, 2.45) is 0 Å². The Balaban J connectivity index is 2.82. The second kappa shape index (κ2) is 2.02. The minimum atomic E-state index is -0.536. The molecular weight excluding hydrogens is 147 g/mol. The molecule has 0 N–H and O–H groups in total. The molecule has 2 rings (SSSR count). The number of aromatic nitrogens is 2. The first-order chi connectivity index (χ1) is 5.25. The third-order valence-electron chi connectivity index (χ3n) is 1.33. The molecule has 0 spiro atoms. The molecule has 0 atom stereocenters. The zero-order valence-electron chi connectivity index (χ0n) is 5.84. The minimum absolute atomic E-state index is 0.322. The van der Waals surface area contributed by atoms with Crippen molar-refractivity contribution in [3.63, 3.8) is 0 Å². The van der Waals surface area contributed by atoms with Gasteiger partial charge in [0.25, 0.3) is 0 Å². The fourth-order valence-corrected chi connectivity index (χ4v) is 0.903. The Kier molecular flexibility index (Phi) is 1.15. The number of oxazole rings is 1. The Bertz CT molecular complexity index is 396. The predicted molar refractivity (Wildman–Crippen MR) is 36.5 cm³/mol. The zero-order chi connectivity index (χ0) is 7.84. The van der Waals surface area contributed by atoms with Crippen LogP contribution in [0.3, 0.4) is 0 Å². The van der Waals surface area contributed by atoms with Gasteiger partial charge in [-0.3, -0.25) is 0 Å². The lowest BCUT2D eigenvalue weighted by molar-refractivity contribution is 0.558. The van der Waals surface area contributed by atoms with Gasteiger partial charge in [0.05, 0.1) is 0 Å². The molecule has 0 bridgehead atoms. The van der Waals surface area contributed by atoms with Crippen molar-refractivity contribution < 1.29 is 8.81 Å². The largest absolute Gasteiger partial charge is 0.439 e. The van der Waals surface area contributed by atoms with Crippen molar-refractivity contribution >= 4 is 11.2 Å². The number of aryl methyl sites for hydroxylation is 1. The molecule has 56 valence electrons. The van der Waals surface area contributed by atoms with Crippen molar-refractivity contribution in [2.45, 2.75) is 6.92 Å². The Hall–Kier alpha value is -1.45. The maximum Gasteiger partial charge on any atom is 0.215 e. The van der Waals surface area contributed by atoms with Crippen molar-refractivity contribution in [3.8, 4) is 0 Å². The summed E-state index contributed by atoms with van der Waals surface area (Å²) in [5.74, 6) is -0.0381. The molecule has 0 aliphatic heterocycles. The van der Waals surface area contributed by atoms with Gasteiger partial charge in [0, 0.05) is 6.92 Å². The standard InChI is InChI=1S/C7H5FN2O/c1-4-9-7-5(11-4)2-3-6(8)10-7/h2-3H,1H3. The van der Waals surface area contributed by atoms with Gasteiger partial charge in [-0.05, 0) is 12.1 Å². The molecule has 0 aromatic carbocycles. The van der Waals surface area contributed by atoms with Crippen LogP contribution in [0, 0.1) is 12.9 Å². The molecular formula is C7H5FN2O. The van der Waals surface area contributed by atoms with Crippen molar-refractivity contribution in [1.82, 2.24) is 9.97 Å². The summed E-state index contributed by atoms with van der Waals surface area (Å²) in [6, 6.07) is 2.75. The number of hydrogen-bond donors (Lipinski definition) is 0. The van der Waals surface area contributed by atoms with E-state index in [0.29, 0.717) is 17.1 Å². The van der Waals surface area contributed by atoms with Crippen LogP contribution < -0.4 is 0 Å². The molecule has 0 saturated carbocycles. The molecule has 0 fully saturated rings. The summed E-state index contributed by atoms with van der Waals surface area (Å²) in [6.07, 6.45) is 0. The minimum Gasteiger partial charge on any atom is -0.439 e. The van der Waals surface area contributed by atoms with Crippen molar-refractivity contribution in [2.75, 3.05) is 0 Å². The van der Waals surface area contributed by atoms with Gasteiger partial charge < -0.3 is 4.42 Å². The maximum absolute atomic E-state index is 12.5. The highest BCUT2D eigenvalue weighted by molar-refractivity contribution is 5.66. The molecule has 11 heavy (non-hydrogen) atoms. The highest BCUT2D eigenvalue weighted by atomic mass is 19.1. The summed E-state index contributed by atoms with van der Waals surface area (Å²) in [7, 11) is 0. The van der Waals surface area contributed by atoms with Crippen LogP contribution in [0.2, 0.25) is 0 Å². The van der Waals surface area contributed by atoms with Crippen molar-refractivity contribution in [3.05, 3.63) is 24.0 Å². The van der Waals surface area contributed by atoms with Gasteiger partial charge in [0.1, 0.15) is 0 Å². The Labute approximate surface area is 61.9 Å². The van der Waals surface area contributed by atoms with Gasteiger partial charge in [-0.15, -0.1) is 0 Å². The van der Waals surface area contributed by atoms with Gasteiger partial charge >= 0.3 is 0 Å². The molecule has 4 heteroatoms. The van der Waals surface area contributed by atoms with E-state index in [2.05, 4.69) is 9.97 Å². The monoisotopic (exact) mass is 152 g/mol. The van der Waals surface area contributed by atoms with Crippen LogP contribution in [0.5, 0.6) is 0 Å². The summed E-state index contributed by atoms with van der Waals surface area (Å²) in [4.78, 5) is 7.38. The summed E-state index contributed by atoms with van der Waals surface area (Å²) >= 11 is 0. The third-order valence-corrected chi connectivity index (χ3v) is 1.33. The lowest BCUT2D eigenvalue weighted by Crippen LogP contribution is -1.81. The fourth-order valence-electron chi connectivity index (χ4n) is 0.903. The highest BCUT2D eigenvalue weighted by Gasteiger charge is 2.02. The lowest BCUT2D eigenvalue weighted by atomic mass is 10.4. The van der Waals surface area contributed by atoms with E-state index < -0.39 is 5.95 Å². The van der Waals surface area contributed by atoms with Crippen LogP contribution in [0.25, 0.3) is 11.2 Å². The molecule has 0 radical (unpaired) electrons. The fraction of sp³-hybridized carbons (Fsp3) is 0.143. The highest BCUT2D eigenvalue weighted by Crippen LogP contribution is 2.12. The van der Waals surface area contributed by atoms with Crippen LogP contribution in [0.4, 0.5) is 4.39 Å². The van der Waals surface area contributed by atoms with Gasteiger partial charge in [-0.25, -0.2) is 0 Å². The van der Waals surface area contributed by atoms with Crippen LogP contribution >= 0.6 is 0 Å². The number of pyridine rings is 1. The van der Waals surface area contributed by atoms with Gasteiger partial charge in [-0.2, -0.15) is 14.4 Å². The summed E-state index contributed by atoms with van der Waals surface area (Å²) in [6.45, 7) is 1.69. The topological polar surface area (TPSA) is 38.9 Å². The maximum atomic E-state index is 12.5. The van der Waals surface area contributed by atoms with Gasteiger partial charge in [0.15, 0.2) is 11.5 Å². The SMILES string of the molecule is Cc1nc2nc(F)ccc2o1. The third kappa shape index (κ3) is 0.960. The van der Waals surface area contributed by atoms with E-state index in [9.17, 15) is 4.39 Å². The predicted octanol–water partition coefficient (Wildman–Crippen LogP) is 1.67. The number of rotatable bonds is 0. The molecule has 0 amide bonds. The zero-order valence-corrected chi connectivity index (χ0v) is 5.84. The molecule has 2 heterocycles. The van der Waals surface area contributed by atoms with E-state index in [4.69, 9.17) is 4.42 Å². The average molecular weight is 152 g/mol. The van der Waals surface area contributed by atoms with E-state index in [1.807, 2.05) is 0 Å². The molecule has 2 aromatic rings. The van der Waals surface area contributed by atoms with Crippen LogP contribution in [0.1, 0.15) is 5.89 Å². The lowest BCUT2D eigenvalue weighted by Gasteiger charge is -1.83. The van der Waals surface area contributed by atoms with E-state index >= 15 is 0 Å². The number of nitrogens with zero attached hydrogens (tertiary/aromatic N) is 2. The van der Waals surface area contributed by atoms with E-state index in [-0.39, 0.29) is 0 Å². The van der Waals surface area contributed by atoms with Crippen LogP contribution in [0.15, 0.2) is 16.5 Å². The van der Waals surface area contributed by atoms with E-state index in [1.165, 1.54) is 12.1 Å². The molecule has 0 aliphatic rings. The second-order valence-electron chi connectivity index (χ2n) is 2.19. The first-order valence-electron chi connectivity index (χ1n) is 3.15. The second-order valence-corrected chi connectivity index (χ2v) is 2.19. The Morgan fingerprint density at radius 1 is 1.36 bits per heavy atom. The summed E-state index contributed by atoms with van der Waals surface area (Å²) < 4.78 is 17.5. The number of hydrogen-bond acceptors (Lipinski definition) is 3. The number of halogens is 1. The summed E-state index contributed by atoms with van der Waals surface area (Å²) in [5, 5.41) is 0. The molecule has 0 saturated heterocycles. The first kappa shape index (κ1) is 6.27. The smallest absolute Gasteiger partial charge is 0.215 e. The quantitative estimate of drug-likeness (QED) is 0.539. The Morgan fingerprint density at radius 3 is 3.00 bits per heavy atom. The van der Waals surface area contributed by atoms with Gasteiger partial charge in [0.2, 0.25) is 11.6 Å². The molecule has 0 aliphatic carbocycles. The average Bonchev–Trinajstić information content (AvgIpc) is 2.27. The Morgan fingerprint density at radius 2 is 2.18 bits per heavy atom. The van der Waals surface area contributed by atoms with Crippen LogP contribution in [-0.2, 0) is 0 Å². The van der Waals surface area contributed by atoms with Crippen LogP contribution in [-0.4, -0.2) is 9.97 Å². The normalized spacial score (nSPS) is 10.7. The van der Waals surface area contributed by atoms with E-state index in [1.54, 1.807) is 6.92 Å². The van der Waals surface area contributed by atoms with Gasteiger partial charge in [-0.1, -0.05) is 0 Å². The first-order valence-corrected chi connectivity index (χ1v) is 3.15. The molecule has 0 unspecified atom stereocenters. The van der Waals surface area contributed by atoms with E-state index in [0.717, 1.165) is 0 Å². The molecule has 3 nitrogen and oxygen atoms in total. The van der Waals surface area contributed by atoms with Crippen molar-refractivity contribution in [1.29, 1.82) is 0 Å².